The summed E-state index contributed by atoms with van der Waals surface area (Å²) in [6.07, 6.45) is 3.28. The minimum absolute atomic E-state index is 0.00173. The van der Waals surface area contributed by atoms with Crippen LogP contribution in [0.15, 0.2) is 53.9 Å². The van der Waals surface area contributed by atoms with Crippen LogP contribution in [-0.4, -0.2) is 43.5 Å². The molecule has 0 atom stereocenters. The molecule has 7 nitrogen and oxygen atoms in total. The molecule has 9 heteroatoms. The van der Waals surface area contributed by atoms with Crippen molar-refractivity contribution in [3.05, 3.63) is 76.6 Å². The predicted molar refractivity (Wildman–Crippen MR) is 119 cm³/mol. The first-order valence-electron chi connectivity index (χ1n) is 9.96. The number of allylic oxidation sites excluding steroid dienone is 1. The quantitative estimate of drug-likeness (QED) is 0.452. The highest BCUT2D eigenvalue weighted by Gasteiger charge is 2.18. The number of halogens is 2. The number of benzene rings is 2. The molecule has 32 heavy (non-hydrogen) atoms. The van der Waals surface area contributed by atoms with Gasteiger partial charge in [-0.05, 0) is 48.9 Å². The summed E-state index contributed by atoms with van der Waals surface area (Å²) < 4.78 is 32.9. The summed E-state index contributed by atoms with van der Waals surface area (Å²) in [5.74, 6) is -1.67. The van der Waals surface area contributed by atoms with Gasteiger partial charge in [0.2, 0.25) is 6.41 Å². The van der Waals surface area contributed by atoms with Crippen LogP contribution in [0, 0.1) is 11.6 Å². The van der Waals surface area contributed by atoms with Gasteiger partial charge in [0.25, 0.3) is 5.91 Å². The van der Waals surface area contributed by atoms with Gasteiger partial charge in [-0.2, -0.15) is 0 Å². The number of nitrogens with zero attached hydrogens (tertiary/aromatic N) is 1. The Morgan fingerprint density at radius 1 is 1.12 bits per heavy atom. The number of nitrogens with one attached hydrogen (secondary N) is 2. The van der Waals surface area contributed by atoms with E-state index in [4.69, 9.17) is 10.5 Å². The number of amides is 2. The highest BCUT2D eigenvalue weighted by Crippen LogP contribution is 2.24. The van der Waals surface area contributed by atoms with E-state index in [-0.39, 0.29) is 17.2 Å². The maximum absolute atomic E-state index is 14.2. The molecule has 0 saturated carbocycles. The number of nitrogens with two attached hydrogens (primary N) is 1. The Labute approximate surface area is 184 Å². The molecule has 0 bridgehead atoms. The van der Waals surface area contributed by atoms with E-state index >= 15 is 0 Å². The van der Waals surface area contributed by atoms with Crippen molar-refractivity contribution in [2.75, 3.05) is 36.9 Å². The fraction of sp³-hybridized carbons (Fsp3) is 0.217. The normalized spacial score (nSPS) is 14.8. The maximum atomic E-state index is 14.2. The molecule has 1 saturated heterocycles. The lowest BCUT2D eigenvalue weighted by molar-refractivity contribution is -0.105. The Bertz CT molecular complexity index is 1050. The van der Waals surface area contributed by atoms with Gasteiger partial charge in [0, 0.05) is 42.2 Å². The van der Waals surface area contributed by atoms with Crippen molar-refractivity contribution in [2.45, 2.75) is 6.92 Å². The van der Waals surface area contributed by atoms with Crippen LogP contribution in [-0.2, 0) is 9.53 Å². The van der Waals surface area contributed by atoms with E-state index < -0.39 is 11.6 Å². The van der Waals surface area contributed by atoms with Crippen LogP contribution >= 0.6 is 0 Å². The van der Waals surface area contributed by atoms with Gasteiger partial charge < -0.3 is 26.0 Å². The minimum Gasteiger partial charge on any atom is -0.397 e. The first-order chi connectivity index (χ1) is 15.4. The summed E-state index contributed by atoms with van der Waals surface area (Å²) in [7, 11) is 0. The van der Waals surface area contributed by atoms with Crippen molar-refractivity contribution < 1.29 is 23.1 Å². The molecule has 1 fully saturated rings. The van der Waals surface area contributed by atoms with E-state index in [0.717, 1.165) is 12.1 Å². The summed E-state index contributed by atoms with van der Waals surface area (Å²) in [5, 5.41) is 5.30. The standard InChI is InChI=1S/C23H24F2N4O3/c1-15(10-19-20(25)11-17(24)12-22(19)28-14-30)21(26)13-27-18-4-2-16(3-5-18)23(31)29-6-8-32-9-7-29/h2-5,10-14,27H,6-9,26H2,1H3,(H,28,30)/b15-10+,21-13-. The van der Waals surface area contributed by atoms with Gasteiger partial charge in [-0.25, -0.2) is 8.78 Å². The zero-order valence-corrected chi connectivity index (χ0v) is 17.5. The average molecular weight is 442 g/mol. The average Bonchev–Trinajstić information content (AvgIpc) is 2.80. The molecule has 1 aliphatic heterocycles. The molecular formula is C23H24F2N4O3. The first-order valence-corrected chi connectivity index (χ1v) is 9.96. The zero-order valence-electron chi connectivity index (χ0n) is 17.5. The second kappa shape index (κ2) is 10.5. The molecule has 0 aliphatic carbocycles. The highest BCUT2D eigenvalue weighted by atomic mass is 19.1. The molecule has 0 unspecified atom stereocenters. The van der Waals surface area contributed by atoms with Crippen LogP contribution in [0.25, 0.3) is 6.08 Å². The van der Waals surface area contributed by atoms with Crippen LogP contribution in [0.1, 0.15) is 22.8 Å². The van der Waals surface area contributed by atoms with E-state index in [1.54, 1.807) is 36.1 Å². The highest BCUT2D eigenvalue weighted by molar-refractivity contribution is 5.94. The third kappa shape index (κ3) is 5.70. The second-order valence-corrected chi connectivity index (χ2v) is 7.16. The van der Waals surface area contributed by atoms with Gasteiger partial charge in [-0.15, -0.1) is 0 Å². The van der Waals surface area contributed by atoms with Crippen LogP contribution in [0.4, 0.5) is 20.2 Å². The lowest BCUT2D eigenvalue weighted by atomic mass is 10.1. The van der Waals surface area contributed by atoms with E-state index in [1.807, 2.05) is 0 Å². The van der Waals surface area contributed by atoms with Crippen LogP contribution in [0.3, 0.4) is 0 Å². The third-order valence-corrected chi connectivity index (χ3v) is 4.95. The Morgan fingerprint density at radius 3 is 2.47 bits per heavy atom. The Hall–Kier alpha value is -3.72. The molecular weight excluding hydrogens is 418 g/mol. The maximum Gasteiger partial charge on any atom is 0.254 e. The topological polar surface area (TPSA) is 96.7 Å². The summed E-state index contributed by atoms with van der Waals surface area (Å²) in [6.45, 7) is 3.88. The number of hydrogen-bond donors (Lipinski definition) is 3. The van der Waals surface area contributed by atoms with Gasteiger partial charge in [0.05, 0.1) is 24.6 Å². The monoisotopic (exact) mass is 442 g/mol. The van der Waals surface area contributed by atoms with Gasteiger partial charge in [-0.1, -0.05) is 0 Å². The largest absolute Gasteiger partial charge is 0.397 e. The number of morpholine rings is 1. The number of rotatable bonds is 7. The van der Waals surface area contributed by atoms with Gasteiger partial charge in [-0.3, -0.25) is 9.59 Å². The molecule has 1 aliphatic rings. The minimum atomic E-state index is -0.824. The number of anilines is 2. The van der Waals surface area contributed by atoms with E-state index in [2.05, 4.69) is 10.6 Å². The molecule has 0 aromatic heterocycles. The number of carbonyl (C=O) groups excluding carboxylic acids is 2. The summed E-state index contributed by atoms with van der Waals surface area (Å²) in [6, 6.07) is 8.70. The molecule has 168 valence electrons. The van der Waals surface area contributed by atoms with Crippen LogP contribution in [0.5, 0.6) is 0 Å². The van der Waals surface area contributed by atoms with Gasteiger partial charge >= 0.3 is 0 Å². The van der Waals surface area contributed by atoms with Crippen molar-refractivity contribution in [1.82, 2.24) is 4.90 Å². The summed E-state index contributed by atoms with van der Waals surface area (Å²) in [5.41, 5.74) is 8.16. The number of ether oxygens (including phenoxy) is 1. The molecule has 2 amide bonds. The van der Waals surface area contributed by atoms with E-state index in [1.165, 1.54) is 12.3 Å². The fourth-order valence-electron chi connectivity index (χ4n) is 3.15. The Kier molecular flexibility index (Phi) is 7.56. The Morgan fingerprint density at radius 2 is 1.81 bits per heavy atom. The lowest BCUT2D eigenvalue weighted by Gasteiger charge is -2.26. The smallest absolute Gasteiger partial charge is 0.254 e. The molecule has 4 N–H and O–H groups in total. The SMILES string of the molecule is CC(=C\c1c(F)cc(F)cc1NC=O)/C(N)=C/Nc1ccc(C(=O)N2CCOCC2)cc1. The van der Waals surface area contributed by atoms with Crippen LogP contribution in [0.2, 0.25) is 0 Å². The van der Waals surface area contributed by atoms with Gasteiger partial charge in [0.15, 0.2) is 0 Å². The van der Waals surface area contributed by atoms with E-state index in [0.29, 0.717) is 55.2 Å². The zero-order chi connectivity index (χ0) is 23.1. The lowest BCUT2D eigenvalue weighted by Crippen LogP contribution is -2.40. The fourth-order valence-corrected chi connectivity index (χ4v) is 3.15. The molecule has 0 radical (unpaired) electrons. The second-order valence-electron chi connectivity index (χ2n) is 7.16. The molecule has 1 heterocycles. The first kappa shape index (κ1) is 23.0. The molecule has 2 aromatic rings. The predicted octanol–water partition coefficient (Wildman–Crippen LogP) is 3.32. The number of carbonyl (C=O) groups is 2. The van der Waals surface area contributed by atoms with E-state index in [9.17, 15) is 18.4 Å². The number of hydrogen-bond acceptors (Lipinski definition) is 5. The Balaban J connectivity index is 1.70. The third-order valence-electron chi connectivity index (χ3n) is 4.95. The molecule has 2 aromatic carbocycles. The van der Waals surface area contributed by atoms with Crippen molar-refractivity contribution in [1.29, 1.82) is 0 Å². The van der Waals surface area contributed by atoms with Crippen molar-refractivity contribution in [2.24, 2.45) is 5.73 Å². The van der Waals surface area contributed by atoms with Crippen molar-refractivity contribution in [3.8, 4) is 0 Å². The molecule has 3 rings (SSSR count). The van der Waals surface area contributed by atoms with Crippen LogP contribution < -0.4 is 16.4 Å². The molecule has 0 spiro atoms. The summed E-state index contributed by atoms with van der Waals surface area (Å²) >= 11 is 0. The van der Waals surface area contributed by atoms with Crippen molar-refractivity contribution in [3.63, 3.8) is 0 Å². The van der Waals surface area contributed by atoms with Gasteiger partial charge in [0.1, 0.15) is 11.6 Å². The summed E-state index contributed by atoms with van der Waals surface area (Å²) in [4.78, 5) is 25.0. The van der Waals surface area contributed by atoms with Crippen molar-refractivity contribution >= 4 is 29.8 Å².